The third kappa shape index (κ3) is 5.49. The van der Waals surface area contributed by atoms with Crippen molar-refractivity contribution in [3.8, 4) is 22.6 Å². The van der Waals surface area contributed by atoms with Crippen molar-refractivity contribution in [2.24, 2.45) is 0 Å². The minimum absolute atomic E-state index is 0.239. The molecule has 8 heteroatoms. The van der Waals surface area contributed by atoms with E-state index in [1.807, 2.05) is 24.3 Å². The third-order valence-corrected chi connectivity index (χ3v) is 7.35. The molecule has 1 aliphatic heterocycles. The summed E-state index contributed by atoms with van der Waals surface area (Å²) in [6.07, 6.45) is 2.15. The highest BCUT2D eigenvalue weighted by molar-refractivity contribution is 6.01. The highest BCUT2D eigenvalue weighted by Crippen LogP contribution is 2.38. The molecule has 8 nitrogen and oxygen atoms in total. The fourth-order valence-corrected chi connectivity index (χ4v) is 5.25. The number of nitrogens with zero attached hydrogens (tertiary/aromatic N) is 3. The highest BCUT2D eigenvalue weighted by Gasteiger charge is 2.22. The molecule has 5 rings (SSSR count). The van der Waals surface area contributed by atoms with Gasteiger partial charge in [-0.25, -0.2) is 9.78 Å². The number of esters is 1. The van der Waals surface area contributed by atoms with Gasteiger partial charge in [0.05, 0.1) is 40.6 Å². The average molecular weight is 544 g/mol. The van der Waals surface area contributed by atoms with Gasteiger partial charge < -0.3 is 28.4 Å². The van der Waals surface area contributed by atoms with Crippen molar-refractivity contribution in [1.82, 2.24) is 9.55 Å². The molecule has 0 saturated carbocycles. The quantitative estimate of drug-likeness (QED) is 0.243. The molecule has 2 aromatic carbocycles. The van der Waals surface area contributed by atoms with E-state index >= 15 is 0 Å². The smallest absolute Gasteiger partial charge is 0.357 e. The normalized spacial score (nSPS) is 13.6. The summed E-state index contributed by atoms with van der Waals surface area (Å²) in [7, 11) is 3.29. The SMILES string of the molecule is CCOC(=O)c1cc(-c2ccc(N3CCOCC3)cc2)c2c(C(C)C)cn(Cc3ccc(OC)cc3OC)c2n1. The van der Waals surface area contributed by atoms with E-state index in [9.17, 15) is 4.79 Å². The zero-order valence-electron chi connectivity index (χ0n) is 23.9. The van der Waals surface area contributed by atoms with Crippen LogP contribution in [0.2, 0.25) is 0 Å². The topological polar surface area (TPSA) is 75.0 Å². The standard InChI is InChI=1S/C32H37N3O5/c1-6-40-32(36)28-18-26(22-7-10-24(11-8-22)34-13-15-39-16-14-34)30-27(21(2)3)20-35(31(30)33-28)19-23-9-12-25(37-4)17-29(23)38-5/h7-12,17-18,20-21H,6,13-16,19H2,1-5H3. The Hall–Kier alpha value is -4.04. The maximum atomic E-state index is 13.0. The van der Waals surface area contributed by atoms with Gasteiger partial charge in [0.2, 0.25) is 0 Å². The van der Waals surface area contributed by atoms with Gasteiger partial charge in [0.15, 0.2) is 5.69 Å². The first-order valence-electron chi connectivity index (χ1n) is 13.8. The van der Waals surface area contributed by atoms with E-state index in [-0.39, 0.29) is 18.2 Å². The molecule has 210 valence electrons. The maximum Gasteiger partial charge on any atom is 0.357 e. The number of pyridine rings is 1. The first-order valence-corrected chi connectivity index (χ1v) is 13.8. The molecule has 0 aliphatic carbocycles. The lowest BCUT2D eigenvalue weighted by molar-refractivity contribution is 0.0520. The number of methoxy groups -OCH3 is 2. The summed E-state index contributed by atoms with van der Waals surface area (Å²) < 4.78 is 24.1. The number of morpholine rings is 1. The molecule has 0 atom stereocenters. The number of ether oxygens (including phenoxy) is 4. The van der Waals surface area contributed by atoms with Crippen LogP contribution in [0.4, 0.5) is 5.69 Å². The minimum Gasteiger partial charge on any atom is -0.497 e. The molecule has 4 aromatic rings. The maximum absolute atomic E-state index is 13.0. The van der Waals surface area contributed by atoms with Crippen LogP contribution in [0.3, 0.4) is 0 Å². The molecule has 0 bridgehead atoms. The van der Waals surface area contributed by atoms with Crippen LogP contribution in [0.5, 0.6) is 11.5 Å². The number of aromatic nitrogens is 2. The molecule has 0 spiro atoms. The molecular formula is C32H37N3O5. The van der Waals surface area contributed by atoms with Crippen molar-refractivity contribution in [3.05, 3.63) is 71.5 Å². The summed E-state index contributed by atoms with van der Waals surface area (Å²) in [5, 5.41) is 1.04. The van der Waals surface area contributed by atoms with Crippen molar-refractivity contribution in [3.63, 3.8) is 0 Å². The molecule has 0 amide bonds. The Labute approximate surface area is 235 Å². The van der Waals surface area contributed by atoms with E-state index < -0.39 is 5.97 Å². The van der Waals surface area contributed by atoms with E-state index in [2.05, 4.69) is 53.8 Å². The van der Waals surface area contributed by atoms with Gasteiger partial charge in [-0.15, -0.1) is 0 Å². The lowest BCUT2D eigenvalue weighted by Crippen LogP contribution is -2.36. The van der Waals surface area contributed by atoms with Gasteiger partial charge in [0.1, 0.15) is 17.1 Å². The Kier molecular flexibility index (Phi) is 8.26. The zero-order valence-corrected chi connectivity index (χ0v) is 23.9. The molecule has 40 heavy (non-hydrogen) atoms. The Balaban J connectivity index is 1.66. The molecular weight excluding hydrogens is 506 g/mol. The molecule has 1 saturated heterocycles. The van der Waals surface area contributed by atoms with E-state index in [0.29, 0.717) is 6.54 Å². The molecule has 2 aromatic heterocycles. The minimum atomic E-state index is -0.434. The zero-order chi connectivity index (χ0) is 28.2. The van der Waals surface area contributed by atoms with Crippen LogP contribution in [-0.4, -0.2) is 62.7 Å². The lowest BCUT2D eigenvalue weighted by Gasteiger charge is -2.29. The largest absolute Gasteiger partial charge is 0.497 e. The van der Waals surface area contributed by atoms with Gasteiger partial charge in [-0.05, 0) is 59.9 Å². The number of carbonyl (C=O) groups excluding carboxylic acids is 1. The van der Waals surface area contributed by atoms with Gasteiger partial charge in [-0.1, -0.05) is 26.0 Å². The summed E-state index contributed by atoms with van der Waals surface area (Å²) in [5.74, 6) is 1.26. The van der Waals surface area contributed by atoms with Gasteiger partial charge in [-0.2, -0.15) is 0 Å². The summed E-state index contributed by atoms with van der Waals surface area (Å²) >= 11 is 0. The van der Waals surface area contributed by atoms with E-state index in [0.717, 1.165) is 76.8 Å². The van der Waals surface area contributed by atoms with E-state index in [1.54, 1.807) is 21.1 Å². The van der Waals surface area contributed by atoms with Gasteiger partial charge >= 0.3 is 5.97 Å². The Morgan fingerprint density at radius 3 is 2.42 bits per heavy atom. The second kappa shape index (κ2) is 12.0. The van der Waals surface area contributed by atoms with Crippen LogP contribution in [0.25, 0.3) is 22.2 Å². The number of hydrogen-bond donors (Lipinski definition) is 0. The van der Waals surface area contributed by atoms with Crippen LogP contribution in [-0.2, 0) is 16.0 Å². The highest BCUT2D eigenvalue weighted by atomic mass is 16.5. The Morgan fingerprint density at radius 2 is 1.77 bits per heavy atom. The van der Waals surface area contributed by atoms with Gasteiger partial charge in [0.25, 0.3) is 0 Å². The van der Waals surface area contributed by atoms with Crippen LogP contribution in [0.15, 0.2) is 54.7 Å². The van der Waals surface area contributed by atoms with E-state index in [4.69, 9.17) is 23.9 Å². The van der Waals surface area contributed by atoms with Crippen molar-refractivity contribution < 1.29 is 23.7 Å². The average Bonchev–Trinajstić information content (AvgIpc) is 3.36. The number of carbonyl (C=O) groups is 1. The van der Waals surface area contributed by atoms with Crippen molar-refractivity contribution in [2.75, 3.05) is 52.0 Å². The third-order valence-electron chi connectivity index (χ3n) is 7.35. The molecule has 1 aliphatic rings. The van der Waals surface area contributed by atoms with Gasteiger partial charge in [-0.3, -0.25) is 0 Å². The summed E-state index contributed by atoms with van der Waals surface area (Å²) in [4.78, 5) is 20.2. The number of rotatable bonds is 9. The fraction of sp³-hybridized carbons (Fsp3) is 0.375. The number of benzene rings is 2. The number of fused-ring (bicyclic) bond motifs is 1. The van der Waals surface area contributed by atoms with Gasteiger partial charge in [0, 0.05) is 42.0 Å². The molecule has 3 heterocycles. The fourth-order valence-electron chi connectivity index (χ4n) is 5.25. The summed E-state index contributed by atoms with van der Waals surface area (Å²) in [6.45, 7) is 10.2. The molecule has 0 radical (unpaired) electrons. The first-order chi connectivity index (χ1) is 19.4. The molecule has 0 N–H and O–H groups in total. The van der Waals surface area contributed by atoms with E-state index in [1.165, 1.54) is 0 Å². The molecule has 0 unspecified atom stereocenters. The van der Waals surface area contributed by atoms with Crippen molar-refractivity contribution in [1.29, 1.82) is 0 Å². The van der Waals surface area contributed by atoms with Crippen LogP contribution >= 0.6 is 0 Å². The number of hydrogen-bond acceptors (Lipinski definition) is 7. The second-order valence-electron chi connectivity index (χ2n) is 10.2. The number of anilines is 1. The second-order valence-corrected chi connectivity index (χ2v) is 10.2. The monoisotopic (exact) mass is 543 g/mol. The molecule has 1 fully saturated rings. The van der Waals surface area contributed by atoms with Crippen molar-refractivity contribution >= 4 is 22.7 Å². The Morgan fingerprint density at radius 1 is 1.02 bits per heavy atom. The summed E-state index contributed by atoms with van der Waals surface area (Å²) in [6, 6.07) is 16.2. The predicted molar refractivity (Wildman–Crippen MR) is 157 cm³/mol. The Bertz CT molecular complexity index is 1490. The summed E-state index contributed by atoms with van der Waals surface area (Å²) in [5.41, 5.74) is 6.32. The van der Waals surface area contributed by atoms with Crippen LogP contribution < -0.4 is 14.4 Å². The predicted octanol–water partition coefficient (Wildman–Crippen LogP) is 5.91. The van der Waals surface area contributed by atoms with Crippen LogP contribution in [0.1, 0.15) is 48.3 Å². The van der Waals surface area contributed by atoms with Crippen LogP contribution in [0, 0.1) is 0 Å². The first kappa shape index (κ1) is 27.5. The lowest BCUT2D eigenvalue weighted by atomic mass is 9.95. The van der Waals surface area contributed by atoms with Crippen molar-refractivity contribution in [2.45, 2.75) is 33.2 Å².